The molecule has 0 atom stereocenters. The smallest absolute Gasteiger partial charge is 0.416 e. The van der Waals surface area contributed by atoms with Crippen LogP contribution in [0.15, 0.2) is 47.8 Å². The van der Waals surface area contributed by atoms with E-state index in [0.29, 0.717) is 22.0 Å². The monoisotopic (exact) mass is 410 g/mol. The molecule has 146 valence electrons. The van der Waals surface area contributed by atoms with E-state index in [-0.39, 0.29) is 18.0 Å². The van der Waals surface area contributed by atoms with Crippen LogP contribution in [-0.2, 0) is 12.8 Å². The molecule has 0 radical (unpaired) electrons. The van der Waals surface area contributed by atoms with Crippen molar-refractivity contribution < 1.29 is 27.6 Å². The second-order valence-corrected chi connectivity index (χ2v) is 6.46. The number of benzene rings is 2. The first-order valence-electron chi connectivity index (χ1n) is 7.85. The van der Waals surface area contributed by atoms with Crippen molar-refractivity contribution in [3.05, 3.63) is 69.2 Å². The zero-order chi connectivity index (χ0) is 20.3. The molecule has 0 aliphatic rings. The fourth-order valence-corrected chi connectivity index (χ4v) is 3.16. The van der Waals surface area contributed by atoms with E-state index in [1.165, 1.54) is 48.8 Å². The van der Waals surface area contributed by atoms with Gasteiger partial charge >= 0.3 is 6.18 Å². The predicted molar refractivity (Wildman–Crippen MR) is 96.5 cm³/mol. The molecule has 3 rings (SSSR count). The normalized spacial score (nSPS) is 11.3. The van der Waals surface area contributed by atoms with Gasteiger partial charge in [-0.25, -0.2) is 4.98 Å². The summed E-state index contributed by atoms with van der Waals surface area (Å²) < 4.78 is 48.6. The number of non-ortho nitro benzene ring substituents is 1. The van der Waals surface area contributed by atoms with E-state index in [1.54, 1.807) is 5.38 Å². The summed E-state index contributed by atoms with van der Waals surface area (Å²) in [4.78, 5) is 14.6. The Morgan fingerprint density at radius 3 is 2.46 bits per heavy atom. The van der Waals surface area contributed by atoms with E-state index < -0.39 is 16.7 Å². The van der Waals surface area contributed by atoms with E-state index in [9.17, 15) is 23.3 Å². The van der Waals surface area contributed by atoms with E-state index in [4.69, 9.17) is 9.47 Å². The lowest BCUT2D eigenvalue weighted by Crippen LogP contribution is -2.04. The Balaban J connectivity index is 1.71. The van der Waals surface area contributed by atoms with Gasteiger partial charge in [0, 0.05) is 17.0 Å². The molecule has 2 aromatic carbocycles. The highest BCUT2D eigenvalue weighted by molar-refractivity contribution is 7.13. The van der Waals surface area contributed by atoms with Gasteiger partial charge in [0.2, 0.25) is 0 Å². The lowest BCUT2D eigenvalue weighted by Gasteiger charge is -2.09. The molecule has 0 saturated heterocycles. The summed E-state index contributed by atoms with van der Waals surface area (Å²) in [6, 6.07) is 8.73. The number of alkyl halides is 3. The highest BCUT2D eigenvalue weighted by Crippen LogP contribution is 2.33. The molecule has 0 spiro atoms. The molecule has 0 aliphatic carbocycles. The second kappa shape index (κ2) is 7.85. The Morgan fingerprint density at radius 2 is 1.86 bits per heavy atom. The molecule has 1 heterocycles. The fourth-order valence-electron chi connectivity index (χ4n) is 2.35. The van der Waals surface area contributed by atoms with E-state index in [2.05, 4.69) is 4.98 Å². The van der Waals surface area contributed by atoms with E-state index in [1.807, 2.05) is 0 Å². The topological polar surface area (TPSA) is 74.5 Å². The van der Waals surface area contributed by atoms with Crippen molar-refractivity contribution in [1.29, 1.82) is 0 Å². The summed E-state index contributed by atoms with van der Waals surface area (Å²) in [6.07, 6.45) is -4.38. The number of hydrogen-bond acceptors (Lipinski definition) is 6. The van der Waals surface area contributed by atoms with Crippen molar-refractivity contribution in [1.82, 2.24) is 4.98 Å². The highest BCUT2D eigenvalue weighted by atomic mass is 32.1. The van der Waals surface area contributed by atoms with Gasteiger partial charge in [-0.2, -0.15) is 13.2 Å². The van der Waals surface area contributed by atoms with Crippen LogP contribution in [0, 0.1) is 10.1 Å². The number of halogens is 3. The molecule has 0 saturated carbocycles. The van der Waals surface area contributed by atoms with Crippen LogP contribution in [0.25, 0.3) is 10.6 Å². The highest BCUT2D eigenvalue weighted by Gasteiger charge is 2.30. The Kier molecular flexibility index (Phi) is 5.50. The van der Waals surface area contributed by atoms with Crippen LogP contribution in [0.2, 0.25) is 0 Å². The molecule has 0 bridgehead atoms. The minimum Gasteiger partial charge on any atom is -0.493 e. The van der Waals surface area contributed by atoms with E-state index >= 15 is 0 Å². The molecule has 0 N–H and O–H groups in total. The van der Waals surface area contributed by atoms with Crippen LogP contribution in [0.5, 0.6) is 11.5 Å². The maximum Gasteiger partial charge on any atom is 0.416 e. The summed E-state index contributed by atoms with van der Waals surface area (Å²) in [5, 5.41) is 13.1. The molecular formula is C18H13F3N2O4S. The maximum atomic E-state index is 12.6. The third kappa shape index (κ3) is 4.39. The SMILES string of the molecule is COc1cc([N+](=O)[O-])ccc1OCc1csc(-c2ccc(C(F)(F)F)cc2)n1. The molecule has 28 heavy (non-hydrogen) atoms. The van der Waals surface area contributed by atoms with E-state index in [0.717, 1.165) is 12.1 Å². The van der Waals surface area contributed by atoms with Gasteiger partial charge in [0.25, 0.3) is 5.69 Å². The Labute approximate surface area is 161 Å². The molecular weight excluding hydrogens is 397 g/mol. The zero-order valence-corrected chi connectivity index (χ0v) is 15.2. The second-order valence-electron chi connectivity index (χ2n) is 5.60. The first-order valence-corrected chi connectivity index (χ1v) is 8.73. The zero-order valence-electron chi connectivity index (χ0n) is 14.4. The van der Waals surface area contributed by atoms with Gasteiger partial charge in [0.1, 0.15) is 11.6 Å². The summed E-state index contributed by atoms with van der Waals surface area (Å²) in [6.45, 7) is 0.0747. The lowest BCUT2D eigenvalue weighted by atomic mass is 10.1. The van der Waals surface area contributed by atoms with Crippen LogP contribution in [-0.4, -0.2) is 17.0 Å². The Bertz CT molecular complexity index is 987. The van der Waals surface area contributed by atoms with Crippen molar-refractivity contribution >= 4 is 17.0 Å². The first-order chi connectivity index (χ1) is 13.3. The molecule has 0 fully saturated rings. The third-order valence-corrected chi connectivity index (χ3v) is 4.68. The number of aromatic nitrogens is 1. The summed E-state index contributed by atoms with van der Waals surface area (Å²) in [5.74, 6) is 0.532. The maximum absolute atomic E-state index is 12.6. The van der Waals surface area contributed by atoms with Gasteiger partial charge in [-0.3, -0.25) is 10.1 Å². The van der Waals surface area contributed by atoms with Crippen molar-refractivity contribution in [3.63, 3.8) is 0 Å². The van der Waals surface area contributed by atoms with Gasteiger partial charge in [-0.05, 0) is 18.2 Å². The number of nitrogens with zero attached hydrogens (tertiary/aromatic N) is 2. The third-order valence-electron chi connectivity index (χ3n) is 3.74. The number of ether oxygens (including phenoxy) is 2. The van der Waals surface area contributed by atoms with Crippen LogP contribution in [0.3, 0.4) is 0 Å². The summed E-state index contributed by atoms with van der Waals surface area (Å²) in [7, 11) is 1.37. The van der Waals surface area contributed by atoms with Crippen LogP contribution < -0.4 is 9.47 Å². The average Bonchev–Trinajstić information content (AvgIpc) is 3.14. The fraction of sp³-hybridized carbons (Fsp3) is 0.167. The molecule has 0 unspecified atom stereocenters. The van der Waals surface area contributed by atoms with Crippen LogP contribution in [0.1, 0.15) is 11.3 Å². The Morgan fingerprint density at radius 1 is 1.14 bits per heavy atom. The van der Waals surface area contributed by atoms with Crippen LogP contribution >= 0.6 is 11.3 Å². The number of nitro benzene ring substituents is 1. The van der Waals surface area contributed by atoms with Crippen molar-refractivity contribution in [2.75, 3.05) is 7.11 Å². The molecule has 6 nitrogen and oxygen atoms in total. The summed E-state index contributed by atoms with van der Waals surface area (Å²) >= 11 is 1.27. The molecule has 3 aromatic rings. The number of rotatable bonds is 6. The minimum absolute atomic E-state index is 0.0747. The molecule has 0 amide bonds. The molecule has 1 aromatic heterocycles. The quantitative estimate of drug-likeness (QED) is 0.406. The van der Waals surface area contributed by atoms with Gasteiger partial charge in [-0.1, -0.05) is 12.1 Å². The largest absolute Gasteiger partial charge is 0.493 e. The van der Waals surface area contributed by atoms with Crippen molar-refractivity contribution in [2.45, 2.75) is 12.8 Å². The minimum atomic E-state index is -4.38. The first kappa shape index (κ1) is 19.6. The molecule has 10 heteroatoms. The van der Waals surface area contributed by atoms with Gasteiger partial charge < -0.3 is 9.47 Å². The van der Waals surface area contributed by atoms with Crippen molar-refractivity contribution in [2.24, 2.45) is 0 Å². The summed E-state index contributed by atoms with van der Waals surface area (Å²) in [5.41, 5.74) is 0.293. The lowest BCUT2D eigenvalue weighted by molar-refractivity contribution is -0.385. The van der Waals surface area contributed by atoms with Gasteiger partial charge in [0.15, 0.2) is 11.5 Å². The van der Waals surface area contributed by atoms with Gasteiger partial charge in [0.05, 0.1) is 29.4 Å². The number of nitro groups is 1. The Hall–Kier alpha value is -3.14. The number of methoxy groups -OCH3 is 1. The molecule has 0 aliphatic heterocycles. The van der Waals surface area contributed by atoms with Gasteiger partial charge in [-0.15, -0.1) is 11.3 Å². The average molecular weight is 410 g/mol. The number of thiazole rings is 1. The van der Waals surface area contributed by atoms with Crippen molar-refractivity contribution in [3.8, 4) is 22.1 Å². The predicted octanol–water partition coefficient (Wildman–Crippen LogP) is 5.32. The van der Waals surface area contributed by atoms with Crippen LogP contribution in [0.4, 0.5) is 18.9 Å². The standard InChI is InChI=1S/C18H13F3N2O4S/c1-26-16-8-14(23(24)25)6-7-15(16)27-9-13-10-28-17(22-13)11-2-4-12(5-3-11)18(19,20)21/h2-8,10H,9H2,1H3. The number of hydrogen-bond donors (Lipinski definition) is 0.